The molecule has 5 nitrogen and oxygen atoms in total. The molecule has 1 fully saturated rings. The van der Waals surface area contributed by atoms with E-state index in [1.54, 1.807) is 0 Å². The van der Waals surface area contributed by atoms with Crippen LogP contribution < -0.4 is 0 Å². The first kappa shape index (κ1) is 13.5. The third-order valence-electron chi connectivity index (χ3n) is 3.07. The van der Waals surface area contributed by atoms with Gasteiger partial charge < -0.3 is 24.8 Å². The minimum atomic E-state index is -1.12. The van der Waals surface area contributed by atoms with Crippen LogP contribution in [-0.2, 0) is 16.1 Å². The third-order valence-corrected chi connectivity index (χ3v) is 3.07. The van der Waals surface area contributed by atoms with E-state index in [-0.39, 0.29) is 13.2 Å². The summed E-state index contributed by atoms with van der Waals surface area (Å²) in [6.45, 7) is 0.197. The van der Waals surface area contributed by atoms with Crippen LogP contribution in [0.4, 0.5) is 0 Å². The maximum absolute atomic E-state index is 9.85. The molecular weight excluding hydrogens is 236 g/mol. The SMILES string of the molecule is OC[C@H]1OC[C@H](OCc2ccccc2)[C@@H](O)[C@@H]1O. The van der Waals surface area contributed by atoms with Crippen molar-refractivity contribution in [2.24, 2.45) is 0 Å². The molecule has 3 N–H and O–H groups in total. The summed E-state index contributed by atoms with van der Waals surface area (Å²) in [6.07, 6.45) is -3.48. The van der Waals surface area contributed by atoms with E-state index in [0.29, 0.717) is 6.61 Å². The van der Waals surface area contributed by atoms with E-state index < -0.39 is 24.4 Å². The van der Waals surface area contributed by atoms with E-state index >= 15 is 0 Å². The Labute approximate surface area is 106 Å². The summed E-state index contributed by atoms with van der Waals surface area (Å²) in [4.78, 5) is 0. The van der Waals surface area contributed by atoms with E-state index in [1.165, 1.54) is 0 Å². The van der Waals surface area contributed by atoms with Gasteiger partial charge in [0.2, 0.25) is 0 Å². The van der Waals surface area contributed by atoms with E-state index in [1.807, 2.05) is 30.3 Å². The van der Waals surface area contributed by atoms with E-state index in [4.69, 9.17) is 14.6 Å². The molecule has 0 unspecified atom stereocenters. The van der Waals surface area contributed by atoms with Crippen molar-refractivity contribution < 1.29 is 24.8 Å². The average Bonchev–Trinajstić information content (AvgIpc) is 2.42. The molecule has 0 radical (unpaired) electrons. The van der Waals surface area contributed by atoms with Crippen LogP contribution in [0, 0.1) is 0 Å². The van der Waals surface area contributed by atoms with E-state index in [0.717, 1.165) is 5.56 Å². The highest BCUT2D eigenvalue weighted by Crippen LogP contribution is 2.18. The Bertz CT molecular complexity index is 356. The number of aliphatic hydroxyl groups excluding tert-OH is 3. The lowest BCUT2D eigenvalue weighted by molar-refractivity contribution is -0.211. The van der Waals surface area contributed by atoms with Gasteiger partial charge in [-0.3, -0.25) is 0 Å². The summed E-state index contributed by atoms with van der Waals surface area (Å²) < 4.78 is 10.8. The standard InChI is InChI=1S/C13H18O5/c14-6-10-12(15)13(16)11(8-18-10)17-7-9-4-2-1-3-5-9/h1-5,10-16H,6-8H2/t10-,11+,12-,13-/m1/s1. The Morgan fingerprint density at radius 2 is 1.89 bits per heavy atom. The summed E-state index contributed by atoms with van der Waals surface area (Å²) in [7, 11) is 0. The van der Waals surface area contributed by atoms with Crippen molar-refractivity contribution in [3.8, 4) is 0 Å². The van der Waals surface area contributed by atoms with Gasteiger partial charge in [-0.05, 0) is 5.56 Å². The average molecular weight is 254 g/mol. The highest BCUT2D eigenvalue weighted by atomic mass is 16.6. The van der Waals surface area contributed by atoms with Crippen molar-refractivity contribution >= 4 is 0 Å². The van der Waals surface area contributed by atoms with Crippen LogP contribution in [0.2, 0.25) is 0 Å². The lowest BCUT2D eigenvalue weighted by Gasteiger charge is -2.36. The van der Waals surface area contributed by atoms with Crippen LogP contribution in [0.1, 0.15) is 5.56 Å². The van der Waals surface area contributed by atoms with Gasteiger partial charge in [-0.25, -0.2) is 0 Å². The molecule has 100 valence electrons. The van der Waals surface area contributed by atoms with Crippen LogP contribution in [0.5, 0.6) is 0 Å². The predicted octanol–water partition coefficient (Wildman–Crippen LogP) is -0.315. The zero-order valence-electron chi connectivity index (χ0n) is 9.98. The summed E-state index contributed by atoms with van der Waals surface area (Å²) in [5.74, 6) is 0. The van der Waals surface area contributed by atoms with E-state index in [9.17, 15) is 10.2 Å². The smallest absolute Gasteiger partial charge is 0.111 e. The Morgan fingerprint density at radius 1 is 1.17 bits per heavy atom. The Morgan fingerprint density at radius 3 is 2.56 bits per heavy atom. The van der Waals surface area contributed by atoms with E-state index in [2.05, 4.69) is 0 Å². The minimum absolute atomic E-state index is 0.163. The molecule has 1 aliphatic rings. The summed E-state index contributed by atoms with van der Waals surface area (Å²) >= 11 is 0. The number of aliphatic hydroxyl groups is 3. The number of benzene rings is 1. The molecule has 0 aliphatic carbocycles. The lowest BCUT2D eigenvalue weighted by atomic mass is 10.0. The van der Waals surface area contributed by atoms with Crippen molar-refractivity contribution in [2.45, 2.75) is 31.0 Å². The topological polar surface area (TPSA) is 79.2 Å². The van der Waals surface area contributed by atoms with Gasteiger partial charge in [0.15, 0.2) is 0 Å². The Kier molecular flexibility index (Phi) is 4.68. The Hall–Kier alpha value is -0.980. The predicted molar refractivity (Wildman–Crippen MR) is 63.9 cm³/mol. The van der Waals surface area contributed by atoms with Crippen LogP contribution in [0.25, 0.3) is 0 Å². The fourth-order valence-electron chi connectivity index (χ4n) is 1.94. The van der Waals surface area contributed by atoms with Crippen LogP contribution in [0.15, 0.2) is 30.3 Å². The first-order valence-corrected chi connectivity index (χ1v) is 5.96. The first-order valence-electron chi connectivity index (χ1n) is 5.96. The molecule has 1 aromatic carbocycles. The van der Waals surface area contributed by atoms with Gasteiger partial charge in [-0.15, -0.1) is 0 Å². The summed E-state index contributed by atoms with van der Waals surface area (Å²) in [5.41, 5.74) is 0.989. The number of rotatable bonds is 4. The second-order valence-corrected chi connectivity index (χ2v) is 4.37. The van der Waals surface area contributed by atoms with Gasteiger partial charge >= 0.3 is 0 Å². The molecule has 18 heavy (non-hydrogen) atoms. The molecule has 1 saturated heterocycles. The molecule has 1 heterocycles. The van der Waals surface area contributed by atoms with Crippen LogP contribution in [-0.4, -0.2) is 52.9 Å². The maximum atomic E-state index is 9.85. The molecule has 0 spiro atoms. The Balaban J connectivity index is 1.87. The van der Waals surface area contributed by atoms with Crippen molar-refractivity contribution in [3.63, 3.8) is 0 Å². The minimum Gasteiger partial charge on any atom is -0.394 e. The second kappa shape index (κ2) is 6.26. The molecule has 0 amide bonds. The highest BCUT2D eigenvalue weighted by molar-refractivity contribution is 5.13. The van der Waals surface area contributed by atoms with Crippen LogP contribution in [0.3, 0.4) is 0 Å². The molecule has 0 saturated carbocycles. The van der Waals surface area contributed by atoms with Gasteiger partial charge in [-0.2, -0.15) is 0 Å². The van der Waals surface area contributed by atoms with Crippen molar-refractivity contribution in [3.05, 3.63) is 35.9 Å². The maximum Gasteiger partial charge on any atom is 0.111 e. The zero-order valence-corrected chi connectivity index (χ0v) is 9.98. The van der Waals surface area contributed by atoms with Crippen molar-refractivity contribution in [1.82, 2.24) is 0 Å². The number of hydrogen-bond acceptors (Lipinski definition) is 5. The first-order chi connectivity index (χ1) is 8.72. The van der Waals surface area contributed by atoms with Gasteiger partial charge in [0.05, 0.1) is 19.8 Å². The van der Waals surface area contributed by atoms with Gasteiger partial charge in [0.1, 0.15) is 24.4 Å². The summed E-state index contributed by atoms with van der Waals surface area (Å²) in [6, 6.07) is 9.57. The molecule has 0 aromatic heterocycles. The number of ether oxygens (including phenoxy) is 2. The molecule has 1 aliphatic heterocycles. The van der Waals surface area contributed by atoms with Crippen molar-refractivity contribution in [2.75, 3.05) is 13.2 Å². The fraction of sp³-hybridized carbons (Fsp3) is 0.538. The molecule has 5 heteroatoms. The zero-order chi connectivity index (χ0) is 13.0. The quantitative estimate of drug-likeness (QED) is 0.686. The molecular formula is C13H18O5. The molecule has 4 atom stereocenters. The second-order valence-electron chi connectivity index (χ2n) is 4.37. The van der Waals surface area contributed by atoms with Crippen LogP contribution >= 0.6 is 0 Å². The highest BCUT2D eigenvalue weighted by Gasteiger charge is 2.38. The van der Waals surface area contributed by atoms with Crippen molar-refractivity contribution in [1.29, 1.82) is 0 Å². The normalized spacial score (nSPS) is 32.4. The van der Waals surface area contributed by atoms with Gasteiger partial charge in [0.25, 0.3) is 0 Å². The molecule has 2 rings (SSSR count). The number of hydrogen-bond donors (Lipinski definition) is 3. The molecule has 1 aromatic rings. The van der Waals surface area contributed by atoms with Gasteiger partial charge in [0, 0.05) is 0 Å². The fourth-order valence-corrected chi connectivity index (χ4v) is 1.94. The largest absolute Gasteiger partial charge is 0.394 e. The lowest BCUT2D eigenvalue weighted by Crippen LogP contribution is -2.54. The third kappa shape index (κ3) is 3.07. The summed E-state index contributed by atoms with van der Waals surface area (Å²) in [5, 5.41) is 28.5. The monoisotopic (exact) mass is 254 g/mol. The molecule has 0 bridgehead atoms. The van der Waals surface area contributed by atoms with Gasteiger partial charge in [-0.1, -0.05) is 30.3 Å².